The van der Waals surface area contributed by atoms with Crippen molar-refractivity contribution in [2.45, 2.75) is 31.1 Å². The topological polar surface area (TPSA) is 37.3 Å². The number of carboxylic acids is 1. The smallest absolute Gasteiger partial charge is 0.307 e. The molecule has 0 bridgehead atoms. The summed E-state index contributed by atoms with van der Waals surface area (Å²) in [5.41, 5.74) is 0.610. The van der Waals surface area contributed by atoms with Crippen LogP contribution in [0.25, 0.3) is 0 Å². The molecule has 1 aromatic rings. The maximum absolute atomic E-state index is 13.2. The standard InChI is InChI=1S/C13H13F3O2/c14-9-3-1-8(2-4-9)10-5-6-13(15,16)7-11(10)12(17)18/h1-4,10-11H,5-7H2,(H,17,18). The second kappa shape index (κ2) is 4.63. The Balaban J connectivity index is 2.26. The molecule has 98 valence electrons. The lowest BCUT2D eigenvalue weighted by atomic mass is 9.74. The zero-order chi connectivity index (χ0) is 13.3. The molecule has 2 unspecified atom stereocenters. The van der Waals surface area contributed by atoms with Gasteiger partial charge in [0.05, 0.1) is 5.92 Å². The first kappa shape index (κ1) is 12.9. The van der Waals surface area contributed by atoms with Gasteiger partial charge in [0.2, 0.25) is 5.92 Å². The van der Waals surface area contributed by atoms with Gasteiger partial charge in [-0.2, -0.15) is 0 Å². The largest absolute Gasteiger partial charge is 0.481 e. The van der Waals surface area contributed by atoms with E-state index < -0.39 is 36.0 Å². The fraction of sp³-hybridized carbons (Fsp3) is 0.462. The van der Waals surface area contributed by atoms with E-state index in [1.807, 2.05) is 0 Å². The van der Waals surface area contributed by atoms with E-state index in [4.69, 9.17) is 5.11 Å². The van der Waals surface area contributed by atoms with Gasteiger partial charge >= 0.3 is 5.97 Å². The van der Waals surface area contributed by atoms with Crippen molar-refractivity contribution in [1.29, 1.82) is 0 Å². The van der Waals surface area contributed by atoms with Crippen molar-refractivity contribution in [3.05, 3.63) is 35.6 Å². The van der Waals surface area contributed by atoms with Crippen LogP contribution in [-0.4, -0.2) is 17.0 Å². The first-order valence-corrected chi connectivity index (χ1v) is 5.75. The van der Waals surface area contributed by atoms with Gasteiger partial charge in [0, 0.05) is 12.8 Å². The highest BCUT2D eigenvalue weighted by molar-refractivity contribution is 5.71. The van der Waals surface area contributed by atoms with Gasteiger partial charge in [-0.3, -0.25) is 4.79 Å². The van der Waals surface area contributed by atoms with Crippen molar-refractivity contribution in [3.8, 4) is 0 Å². The molecule has 0 saturated heterocycles. The molecule has 2 atom stereocenters. The average Bonchev–Trinajstić information content (AvgIpc) is 2.29. The highest BCUT2D eigenvalue weighted by atomic mass is 19.3. The molecular formula is C13H13F3O2. The van der Waals surface area contributed by atoms with Crippen LogP contribution >= 0.6 is 0 Å². The molecule has 0 heterocycles. The number of alkyl halides is 2. The van der Waals surface area contributed by atoms with Gasteiger partial charge in [-0.15, -0.1) is 0 Å². The van der Waals surface area contributed by atoms with E-state index >= 15 is 0 Å². The second-order valence-electron chi connectivity index (χ2n) is 4.70. The van der Waals surface area contributed by atoms with Crippen molar-refractivity contribution in [1.82, 2.24) is 0 Å². The van der Waals surface area contributed by atoms with Gasteiger partial charge in [-0.05, 0) is 30.0 Å². The van der Waals surface area contributed by atoms with E-state index in [1.165, 1.54) is 24.3 Å². The summed E-state index contributed by atoms with van der Waals surface area (Å²) in [6.45, 7) is 0. The maximum atomic E-state index is 13.2. The molecule has 1 aliphatic carbocycles. The van der Waals surface area contributed by atoms with Crippen LogP contribution < -0.4 is 0 Å². The van der Waals surface area contributed by atoms with Crippen LogP contribution in [0.2, 0.25) is 0 Å². The quantitative estimate of drug-likeness (QED) is 0.882. The molecule has 0 aromatic heterocycles. The third-order valence-electron chi connectivity index (χ3n) is 3.44. The fourth-order valence-corrected chi connectivity index (χ4v) is 2.50. The minimum atomic E-state index is -2.92. The average molecular weight is 258 g/mol. The van der Waals surface area contributed by atoms with Crippen molar-refractivity contribution in [2.75, 3.05) is 0 Å². The molecular weight excluding hydrogens is 245 g/mol. The predicted molar refractivity (Wildman–Crippen MR) is 59.1 cm³/mol. The molecule has 1 fully saturated rings. The van der Waals surface area contributed by atoms with Crippen LogP contribution in [-0.2, 0) is 4.79 Å². The minimum Gasteiger partial charge on any atom is -0.481 e. The van der Waals surface area contributed by atoms with E-state index in [1.54, 1.807) is 0 Å². The number of halogens is 3. The van der Waals surface area contributed by atoms with Crippen molar-refractivity contribution < 1.29 is 23.1 Å². The van der Waals surface area contributed by atoms with Gasteiger partial charge in [-0.25, -0.2) is 13.2 Å². The third-order valence-corrected chi connectivity index (χ3v) is 3.44. The normalized spacial score (nSPS) is 26.8. The Morgan fingerprint density at radius 2 is 1.89 bits per heavy atom. The molecule has 1 N–H and O–H groups in total. The molecule has 2 nitrogen and oxygen atoms in total. The van der Waals surface area contributed by atoms with E-state index in [2.05, 4.69) is 0 Å². The molecule has 0 radical (unpaired) electrons. The van der Waals surface area contributed by atoms with Gasteiger partial charge < -0.3 is 5.11 Å². The van der Waals surface area contributed by atoms with Crippen molar-refractivity contribution >= 4 is 5.97 Å². The lowest BCUT2D eigenvalue weighted by molar-refractivity contribution is -0.150. The lowest BCUT2D eigenvalue weighted by Gasteiger charge is -2.33. The SMILES string of the molecule is O=C(O)C1CC(F)(F)CCC1c1ccc(F)cc1. The summed E-state index contributed by atoms with van der Waals surface area (Å²) in [7, 11) is 0. The van der Waals surface area contributed by atoms with E-state index in [9.17, 15) is 18.0 Å². The predicted octanol–water partition coefficient (Wildman–Crippen LogP) is 3.43. The zero-order valence-electron chi connectivity index (χ0n) is 9.57. The molecule has 1 aromatic carbocycles. The van der Waals surface area contributed by atoms with Gasteiger partial charge in [0.1, 0.15) is 5.82 Å². The molecule has 0 aliphatic heterocycles. The highest BCUT2D eigenvalue weighted by Crippen LogP contribution is 2.44. The summed E-state index contributed by atoms with van der Waals surface area (Å²) in [4.78, 5) is 11.1. The lowest BCUT2D eigenvalue weighted by Crippen LogP contribution is -2.35. The Morgan fingerprint density at radius 1 is 1.28 bits per heavy atom. The monoisotopic (exact) mass is 258 g/mol. The first-order valence-electron chi connectivity index (χ1n) is 5.75. The number of carbonyl (C=O) groups is 1. The number of carboxylic acid groups (broad SMARTS) is 1. The molecule has 0 amide bonds. The molecule has 1 saturated carbocycles. The van der Waals surface area contributed by atoms with Crippen LogP contribution in [0.15, 0.2) is 24.3 Å². The van der Waals surface area contributed by atoms with Crippen molar-refractivity contribution in [2.24, 2.45) is 5.92 Å². The summed E-state index contributed by atoms with van der Waals surface area (Å²) >= 11 is 0. The highest BCUT2D eigenvalue weighted by Gasteiger charge is 2.45. The summed E-state index contributed by atoms with van der Waals surface area (Å²) in [6, 6.07) is 5.39. The first-order chi connectivity index (χ1) is 8.39. The Kier molecular flexibility index (Phi) is 3.32. The molecule has 2 rings (SSSR count). The van der Waals surface area contributed by atoms with Gasteiger partial charge in [0.25, 0.3) is 0 Å². The van der Waals surface area contributed by atoms with Crippen LogP contribution in [0.5, 0.6) is 0 Å². The minimum absolute atomic E-state index is 0.107. The molecule has 1 aliphatic rings. The van der Waals surface area contributed by atoms with Crippen LogP contribution in [0.3, 0.4) is 0 Å². The number of hydrogen-bond donors (Lipinski definition) is 1. The van der Waals surface area contributed by atoms with E-state index in [0.29, 0.717) is 5.56 Å². The third kappa shape index (κ3) is 2.66. The summed E-state index contributed by atoms with van der Waals surface area (Å²) in [5, 5.41) is 9.05. The number of aliphatic carboxylic acids is 1. The van der Waals surface area contributed by atoms with Crippen LogP contribution in [0.1, 0.15) is 30.7 Å². The van der Waals surface area contributed by atoms with Gasteiger partial charge in [0.15, 0.2) is 0 Å². The Bertz CT molecular complexity index is 442. The second-order valence-corrected chi connectivity index (χ2v) is 4.70. The molecule has 5 heteroatoms. The summed E-state index contributed by atoms with van der Waals surface area (Å²) in [6.07, 6.45) is -0.862. The summed E-state index contributed by atoms with van der Waals surface area (Å²) in [5.74, 6) is -6.14. The van der Waals surface area contributed by atoms with Gasteiger partial charge in [-0.1, -0.05) is 12.1 Å². The number of benzene rings is 1. The molecule has 0 spiro atoms. The van der Waals surface area contributed by atoms with Crippen LogP contribution in [0, 0.1) is 11.7 Å². The van der Waals surface area contributed by atoms with Crippen molar-refractivity contribution in [3.63, 3.8) is 0 Å². The Labute approximate surface area is 102 Å². The van der Waals surface area contributed by atoms with E-state index in [-0.39, 0.29) is 12.8 Å². The number of rotatable bonds is 2. The fourth-order valence-electron chi connectivity index (χ4n) is 2.50. The Hall–Kier alpha value is -1.52. The van der Waals surface area contributed by atoms with Crippen LogP contribution in [0.4, 0.5) is 13.2 Å². The Morgan fingerprint density at radius 3 is 2.44 bits per heavy atom. The maximum Gasteiger partial charge on any atom is 0.307 e. The van der Waals surface area contributed by atoms with E-state index in [0.717, 1.165) is 0 Å². The molecule has 18 heavy (non-hydrogen) atoms. The zero-order valence-corrected chi connectivity index (χ0v) is 9.57. The number of hydrogen-bond acceptors (Lipinski definition) is 1. The summed E-state index contributed by atoms with van der Waals surface area (Å²) < 4.78 is 39.3.